The number of hydrogen-bond donors (Lipinski definition) is 2. The van der Waals surface area contributed by atoms with Crippen molar-refractivity contribution in [3.63, 3.8) is 0 Å². The van der Waals surface area contributed by atoms with Gasteiger partial charge in [-0.15, -0.1) is 0 Å². The normalized spacial score (nSPS) is 14.1. The summed E-state index contributed by atoms with van der Waals surface area (Å²) < 4.78 is 0. The summed E-state index contributed by atoms with van der Waals surface area (Å²) >= 11 is 0. The Morgan fingerprint density at radius 3 is 2.76 bits per heavy atom. The highest BCUT2D eigenvalue weighted by Crippen LogP contribution is 2.13. The molecule has 0 bridgehead atoms. The lowest BCUT2D eigenvalue weighted by Crippen LogP contribution is -2.38. The van der Waals surface area contributed by atoms with Gasteiger partial charge in [0.1, 0.15) is 0 Å². The van der Waals surface area contributed by atoms with Gasteiger partial charge in [-0.25, -0.2) is 4.79 Å². The summed E-state index contributed by atoms with van der Waals surface area (Å²) in [6.45, 7) is 0.422. The number of hydrogen-bond acceptors (Lipinski definition) is 4. The number of carbonyl (C=O) groups excluding carboxylic acids is 3. The molecule has 1 heterocycles. The monoisotopic (exact) mass is 290 g/mol. The standard InChI is InChI=1S/C14H18N4O3/c1-17(2)11-5-3-4-10(8-11)13(20)15-6-7-18-12(19)9-16-14(18)21/h3-5,8H,6-7,9H2,1-2H3,(H,15,20)(H,16,21). The lowest BCUT2D eigenvalue weighted by atomic mass is 10.2. The third-order valence-corrected chi connectivity index (χ3v) is 3.18. The molecule has 0 aliphatic carbocycles. The number of urea groups is 1. The Labute approximate surface area is 122 Å². The van der Waals surface area contributed by atoms with Gasteiger partial charge in [-0.3, -0.25) is 14.5 Å². The van der Waals surface area contributed by atoms with Crippen molar-refractivity contribution < 1.29 is 14.4 Å². The molecule has 7 nitrogen and oxygen atoms in total. The molecule has 1 aromatic rings. The number of benzene rings is 1. The van der Waals surface area contributed by atoms with Crippen molar-refractivity contribution in [1.82, 2.24) is 15.5 Å². The van der Waals surface area contributed by atoms with Crippen LogP contribution in [0.15, 0.2) is 24.3 Å². The molecule has 0 radical (unpaired) electrons. The van der Waals surface area contributed by atoms with Gasteiger partial charge in [-0.2, -0.15) is 0 Å². The van der Waals surface area contributed by atoms with E-state index in [9.17, 15) is 14.4 Å². The van der Waals surface area contributed by atoms with Gasteiger partial charge in [-0.1, -0.05) is 6.07 Å². The van der Waals surface area contributed by atoms with Gasteiger partial charge < -0.3 is 15.5 Å². The number of imide groups is 1. The van der Waals surface area contributed by atoms with Crippen molar-refractivity contribution in [3.8, 4) is 0 Å². The molecule has 21 heavy (non-hydrogen) atoms. The number of nitrogens with one attached hydrogen (secondary N) is 2. The fraction of sp³-hybridized carbons (Fsp3) is 0.357. The zero-order valence-corrected chi connectivity index (χ0v) is 12.0. The van der Waals surface area contributed by atoms with Crippen molar-refractivity contribution in [2.75, 3.05) is 38.6 Å². The second kappa shape index (κ2) is 6.25. The highest BCUT2D eigenvalue weighted by molar-refractivity contribution is 6.02. The first kappa shape index (κ1) is 14.8. The highest BCUT2D eigenvalue weighted by atomic mass is 16.2. The Bertz CT molecular complexity index is 555. The summed E-state index contributed by atoms with van der Waals surface area (Å²) in [7, 11) is 3.79. The van der Waals surface area contributed by atoms with Crippen LogP contribution in [-0.4, -0.2) is 56.5 Å². The maximum absolute atomic E-state index is 12.0. The first-order valence-corrected chi connectivity index (χ1v) is 6.63. The first-order valence-electron chi connectivity index (χ1n) is 6.63. The largest absolute Gasteiger partial charge is 0.378 e. The molecule has 112 valence electrons. The Hall–Kier alpha value is -2.57. The minimum atomic E-state index is -0.413. The molecule has 2 rings (SSSR count). The molecule has 4 amide bonds. The molecule has 1 aliphatic rings. The Kier molecular flexibility index (Phi) is 4.42. The quantitative estimate of drug-likeness (QED) is 0.750. The maximum atomic E-state index is 12.0. The molecule has 0 unspecified atom stereocenters. The number of amides is 4. The van der Waals surface area contributed by atoms with Crippen LogP contribution in [0.2, 0.25) is 0 Å². The topological polar surface area (TPSA) is 81.8 Å². The van der Waals surface area contributed by atoms with Crippen LogP contribution >= 0.6 is 0 Å². The van der Waals surface area contributed by atoms with Gasteiger partial charge in [-0.05, 0) is 18.2 Å². The number of rotatable bonds is 5. The molecule has 1 saturated heterocycles. The van der Waals surface area contributed by atoms with E-state index in [1.54, 1.807) is 12.1 Å². The molecular weight excluding hydrogens is 272 g/mol. The SMILES string of the molecule is CN(C)c1cccc(C(=O)NCCN2C(=O)CNC2=O)c1. The van der Waals surface area contributed by atoms with Gasteiger partial charge in [0.25, 0.3) is 5.91 Å². The first-order chi connectivity index (χ1) is 9.99. The summed E-state index contributed by atoms with van der Waals surface area (Å²) in [6.07, 6.45) is 0. The summed E-state index contributed by atoms with van der Waals surface area (Å²) in [4.78, 5) is 37.7. The van der Waals surface area contributed by atoms with Gasteiger partial charge in [0.15, 0.2) is 0 Å². The Morgan fingerprint density at radius 1 is 1.38 bits per heavy atom. The summed E-state index contributed by atoms with van der Waals surface area (Å²) in [5, 5.41) is 5.13. The second-order valence-corrected chi connectivity index (χ2v) is 4.90. The van der Waals surface area contributed by atoms with Crippen molar-refractivity contribution in [3.05, 3.63) is 29.8 Å². The van der Waals surface area contributed by atoms with Crippen LogP contribution in [0.4, 0.5) is 10.5 Å². The predicted octanol–water partition coefficient (Wildman–Crippen LogP) is 0.0342. The summed E-state index contributed by atoms with van der Waals surface area (Å²) in [5.74, 6) is -0.505. The van der Waals surface area contributed by atoms with Gasteiger partial charge in [0.2, 0.25) is 5.91 Å². The van der Waals surface area contributed by atoms with Gasteiger partial charge >= 0.3 is 6.03 Å². The lowest BCUT2D eigenvalue weighted by Gasteiger charge is -2.15. The Morgan fingerprint density at radius 2 is 2.14 bits per heavy atom. The Balaban J connectivity index is 1.89. The van der Waals surface area contributed by atoms with E-state index >= 15 is 0 Å². The third kappa shape index (κ3) is 3.50. The van der Waals surface area contributed by atoms with E-state index in [2.05, 4.69) is 10.6 Å². The maximum Gasteiger partial charge on any atom is 0.324 e. The minimum Gasteiger partial charge on any atom is -0.378 e. The van der Waals surface area contributed by atoms with Crippen molar-refractivity contribution in [2.24, 2.45) is 0 Å². The summed E-state index contributed by atoms with van der Waals surface area (Å²) in [5.41, 5.74) is 1.47. The smallest absolute Gasteiger partial charge is 0.324 e. The van der Waals surface area contributed by atoms with Crippen LogP contribution < -0.4 is 15.5 Å². The zero-order chi connectivity index (χ0) is 15.4. The zero-order valence-electron chi connectivity index (χ0n) is 12.0. The van der Waals surface area contributed by atoms with E-state index in [-0.39, 0.29) is 31.4 Å². The van der Waals surface area contributed by atoms with E-state index in [1.807, 2.05) is 31.1 Å². The van der Waals surface area contributed by atoms with Crippen LogP contribution in [-0.2, 0) is 4.79 Å². The average Bonchev–Trinajstić information content (AvgIpc) is 2.79. The molecule has 1 aliphatic heterocycles. The minimum absolute atomic E-state index is 0.0255. The molecule has 0 atom stereocenters. The van der Waals surface area contributed by atoms with Crippen LogP contribution in [0.3, 0.4) is 0 Å². The molecule has 2 N–H and O–H groups in total. The van der Waals surface area contributed by atoms with Crippen molar-refractivity contribution in [1.29, 1.82) is 0 Å². The lowest BCUT2D eigenvalue weighted by molar-refractivity contribution is -0.124. The third-order valence-electron chi connectivity index (χ3n) is 3.18. The molecule has 0 spiro atoms. The number of carbonyl (C=O) groups is 3. The number of nitrogens with zero attached hydrogens (tertiary/aromatic N) is 2. The molecule has 0 aromatic heterocycles. The second-order valence-electron chi connectivity index (χ2n) is 4.90. The average molecular weight is 290 g/mol. The van der Waals surface area contributed by atoms with Crippen LogP contribution in [0.25, 0.3) is 0 Å². The van der Waals surface area contributed by atoms with Crippen LogP contribution in [0.5, 0.6) is 0 Å². The van der Waals surface area contributed by atoms with Crippen molar-refractivity contribution >= 4 is 23.5 Å². The van der Waals surface area contributed by atoms with Crippen LogP contribution in [0.1, 0.15) is 10.4 Å². The molecule has 0 saturated carbocycles. The van der Waals surface area contributed by atoms with E-state index in [1.165, 1.54) is 0 Å². The van der Waals surface area contributed by atoms with E-state index in [0.717, 1.165) is 10.6 Å². The van der Waals surface area contributed by atoms with Gasteiger partial charge in [0, 0.05) is 38.4 Å². The fourth-order valence-corrected chi connectivity index (χ4v) is 1.99. The van der Waals surface area contributed by atoms with E-state index in [4.69, 9.17) is 0 Å². The van der Waals surface area contributed by atoms with Crippen LogP contribution in [0, 0.1) is 0 Å². The fourth-order valence-electron chi connectivity index (χ4n) is 1.99. The van der Waals surface area contributed by atoms with E-state index in [0.29, 0.717) is 5.56 Å². The molecule has 1 fully saturated rings. The van der Waals surface area contributed by atoms with Gasteiger partial charge in [0.05, 0.1) is 6.54 Å². The molecule has 1 aromatic carbocycles. The van der Waals surface area contributed by atoms with E-state index < -0.39 is 6.03 Å². The van der Waals surface area contributed by atoms with Crippen molar-refractivity contribution in [2.45, 2.75) is 0 Å². The predicted molar refractivity (Wildman–Crippen MR) is 78.2 cm³/mol. The highest BCUT2D eigenvalue weighted by Gasteiger charge is 2.27. The number of anilines is 1. The summed E-state index contributed by atoms with van der Waals surface area (Å²) in [6, 6.07) is 6.80. The molecular formula is C14H18N4O3. The molecule has 7 heteroatoms.